The number of aryl methyl sites for hydroxylation is 3. The summed E-state index contributed by atoms with van der Waals surface area (Å²) in [4.78, 5) is 21.2. The molecular formula is C26H24N6O2. The van der Waals surface area contributed by atoms with Crippen molar-refractivity contribution in [2.24, 2.45) is 0 Å². The third-order valence-electron chi connectivity index (χ3n) is 5.41. The minimum Gasteiger partial charge on any atom is -0.487 e. The van der Waals surface area contributed by atoms with Crippen molar-refractivity contribution >= 4 is 17.4 Å². The zero-order valence-electron chi connectivity index (χ0n) is 18.8. The lowest BCUT2D eigenvalue weighted by Gasteiger charge is -2.06. The summed E-state index contributed by atoms with van der Waals surface area (Å²) in [6.45, 7) is 3.12. The van der Waals surface area contributed by atoms with Gasteiger partial charge in [-0.3, -0.25) is 14.5 Å². The van der Waals surface area contributed by atoms with Crippen LogP contribution in [-0.2, 0) is 19.6 Å². The highest BCUT2D eigenvalue weighted by molar-refractivity contribution is 6.03. The smallest absolute Gasteiger partial charge is 0.256 e. The van der Waals surface area contributed by atoms with Crippen LogP contribution in [0.4, 0.5) is 5.82 Å². The second-order valence-corrected chi connectivity index (χ2v) is 8.04. The van der Waals surface area contributed by atoms with E-state index in [-0.39, 0.29) is 5.91 Å². The maximum atomic E-state index is 12.6. The number of amides is 1. The Hall–Kier alpha value is -4.46. The lowest BCUT2D eigenvalue weighted by molar-refractivity contribution is 0.102. The molecule has 0 atom stereocenters. The summed E-state index contributed by atoms with van der Waals surface area (Å²) in [5, 5.41) is 7.27. The Balaban J connectivity index is 1.14. The third-order valence-corrected chi connectivity index (χ3v) is 5.41. The van der Waals surface area contributed by atoms with Crippen LogP contribution in [0.1, 0.15) is 27.2 Å². The molecule has 4 aromatic heterocycles. The molecule has 170 valence electrons. The first-order chi connectivity index (χ1) is 16.6. The molecule has 0 saturated carbocycles. The van der Waals surface area contributed by atoms with E-state index < -0.39 is 0 Å². The number of benzene rings is 1. The quantitative estimate of drug-likeness (QED) is 0.379. The maximum Gasteiger partial charge on any atom is 0.256 e. The van der Waals surface area contributed by atoms with Crippen LogP contribution >= 0.6 is 0 Å². The molecule has 5 rings (SSSR count). The van der Waals surface area contributed by atoms with Crippen molar-refractivity contribution in [1.82, 2.24) is 24.1 Å². The average molecular weight is 453 g/mol. The summed E-state index contributed by atoms with van der Waals surface area (Å²) in [6, 6.07) is 16.8. The monoisotopic (exact) mass is 452 g/mol. The number of carbonyl (C=O) groups excluding carboxylic acids is 1. The molecule has 8 nitrogen and oxygen atoms in total. The molecule has 0 bridgehead atoms. The van der Waals surface area contributed by atoms with E-state index in [9.17, 15) is 4.79 Å². The molecule has 0 aliphatic rings. The van der Waals surface area contributed by atoms with Crippen molar-refractivity contribution in [3.63, 3.8) is 0 Å². The van der Waals surface area contributed by atoms with Crippen molar-refractivity contribution in [3.05, 3.63) is 108 Å². The van der Waals surface area contributed by atoms with Gasteiger partial charge in [0.1, 0.15) is 18.0 Å². The van der Waals surface area contributed by atoms with E-state index in [0.29, 0.717) is 23.7 Å². The Morgan fingerprint density at radius 3 is 2.65 bits per heavy atom. The number of fused-ring (bicyclic) bond motifs is 1. The number of carbonyl (C=O) groups is 1. The highest BCUT2D eigenvalue weighted by Crippen LogP contribution is 2.16. The topological polar surface area (TPSA) is 86.3 Å². The first kappa shape index (κ1) is 21.4. The summed E-state index contributed by atoms with van der Waals surface area (Å²) in [7, 11) is 0. The number of nitrogens with one attached hydrogen (secondary N) is 1. The van der Waals surface area contributed by atoms with Crippen LogP contribution < -0.4 is 10.1 Å². The molecule has 0 fully saturated rings. The number of rotatable bonds is 8. The minimum atomic E-state index is -0.221. The highest BCUT2D eigenvalue weighted by Gasteiger charge is 2.09. The van der Waals surface area contributed by atoms with Crippen molar-refractivity contribution in [1.29, 1.82) is 0 Å². The summed E-state index contributed by atoms with van der Waals surface area (Å²) in [5.41, 5.74) is 4.61. The lowest BCUT2D eigenvalue weighted by Crippen LogP contribution is -2.13. The van der Waals surface area contributed by atoms with E-state index in [4.69, 9.17) is 4.74 Å². The third kappa shape index (κ3) is 5.12. The molecule has 34 heavy (non-hydrogen) atoms. The maximum absolute atomic E-state index is 12.6. The predicted octanol–water partition coefficient (Wildman–Crippen LogP) is 4.31. The molecule has 5 aromatic rings. The SMILES string of the molecule is Cc1ccc2nc(COc3ccc(C(=O)Nc4ccn(CCc5ccncc5)n4)cc3)cn2c1. The Morgan fingerprint density at radius 1 is 1.00 bits per heavy atom. The Kier molecular flexibility index (Phi) is 6.03. The summed E-state index contributed by atoms with van der Waals surface area (Å²) in [6.07, 6.45) is 10.2. The number of anilines is 1. The van der Waals surface area contributed by atoms with Gasteiger partial charge in [0.05, 0.1) is 5.69 Å². The molecule has 8 heteroatoms. The molecule has 0 aliphatic carbocycles. The van der Waals surface area contributed by atoms with Gasteiger partial charge >= 0.3 is 0 Å². The second kappa shape index (κ2) is 9.58. The highest BCUT2D eigenvalue weighted by atomic mass is 16.5. The van der Waals surface area contributed by atoms with E-state index in [1.165, 1.54) is 11.1 Å². The van der Waals surface area contributed by atoms with Crippen molar-refractivity contribution in [2.45, 2.75) is 26.5 Å². The number of aromatic nitrogens is 5. The summed E-state index contributed by atoms with van der Waals surface area (Å²) in [5.74, 6) is 0.967. The number of ether oxygens (including phenoxy) is 1. The van der Waals surface area contributed by atoms with Crippen LogP contribution in [0, 0.1) is 6.92 Å². The molecular weight excluding hydrogens is 428 g/mol. The van der Waals surface area contributed by atoms with Crippen molar-refractivity contribution in [2.75, 3.05) is 5.32 Å². The molecule has 1 aromatic carbocycles. The normalized spacial score (nSPS) is 11.0. The predicted molar refractivity (Wildman–Crippen MR) is 129 cm³/mol. The molecule has 0 saturated heterocycles. The van der Waals surface area contributed by atoms with Crippen molar-refractivity contribution < 1.29 is 9.53 Å². The number of hydrogen-bond donors (Lipinski definition) is 1. The van der Waals surface area contributed by atoms with Gasteiger partial charge in [0, 0.05) is 49.2 Å². The van der Waals surface area contributed by atoms with Gasteiger partial charge in [0.15, 0.2) is 5.82 Å². The van der Waals surface area contributed by atoms with E-state index in [1.54, 1.807) is 42.7 Å². The first-order valence-corrected chi connectivity index (χ1v) is 11.0. The van der Waals surface area contributed by atoms with Gasteiger partial charge in [0.25, 0.3) is 5.91 Å². The number of hydrogen-bond acceptors (Lipinski definition) is 5. The lowest BCUT2D eigenvalue weighted by atomic mass is 10.2. The molecule has 0 aliphatic heterocycles. The van der Waals surface area contributed by atoms with Crippen LogP contribution in [0.25, 0.3) is 5.65 Å². The molecule has 0 unspecified atom stereocenters. The van der Waals surface area contributed by atoms with Gasteiger partial charge in [0.2, 0.25) is 0 Å². The van der Waals surface area contributed by atoms with Crippen LogP contribution in [0.15, 0.2) is 85.6 Å². The van der Waals surface area contributed by atoms with Gasteiger partial charge in [-0.1, -0.05) is 6.07 Å². The van der Waals surface area contributed by atoms with Crippen LogP contribution in [0.3, 0.4) is 0 Å². The van der Waals surface area contributed by atoms with Crippen LogP contribution in [0.2, 0.25) is 0 Å². The fourth-order valence-electron chi connectivity index (χ4n) is 3.62. The van der Waals surface area contributed by atoms with E-state index in [1.807, 2.05) is 58.9 Å². The van der Waals surface area contributed by atoms with E-state index in [0.717, 1.165) is 24.3 Å². The van der Waals surface area contributed by atoms with Gasteiger partial charge in [-0.15, -0.1) is 0 Å². The summed E-state index contributed by atoms with van der Waals surface area (Å²) < 4.78 is 9.65. The first-order valence-electron chi connectivity index (χ1n) is 11.0. The van der Waals surface area contributed by atoms with E-state index in [2.05, 4.69) is 20.4 Å². The fourth-order valence-corrected chi connectivity index (χ4v) is 3.62. The molecule has 1 amide bonds. The van der Waals surface area contributed by atoms with Crippen molar-refractivity contribution in [3.8, 4) is 5.75 Å². The largest absolute Gasteiger partial charge is 0.487 e. The number of pyridine rings is 2. The minimum absolute atomic E-state index is 0.221. The Bertz CT molecular complexity index is 1410. The number of imidazole rings is 1. The van der Waals surface area contributed by atoms with Gasteiger partial charge in [-0.05, 0) is 66.9 Å². The molecule has 0 spiro atoms. The molecule has 0 radical (unpaired) electrons. The molecule has 1 N–H and O–H groups in total. The van der Waals surface area contributed by atoms with E-state index >= 15 is 0 Å². The van der Waals surface area contributed by atoms with Gasteiger partial charge in [-0.2, -0.15) is 5.10 Å². The standard InChI is InChI=1S/C26H24N6O2/c1-19-2-7-25-28-22(17-31(25)16-19)18-34-23-5-3-21(4-6-23)26(33)29-24-11-15-32(30-24)14-10-20-8-12-27-13-9-20/h2-9,11-13,15-17H,10,14,18H2,1H3,(H,29,30,33). The second-order valence-electron chi connectivity index (χ2n) is 8.04. The zero-order valence-corrected chi connectivity index (χ0v) is 18.8. The van der Waals surface area contributed by atoms with Crippen LogP contribution in [0.5, 0.6) is 5.75 Å². The van der Waals surface area contributed by atoms with Gasteiger partial charge in [-0.25, -0.2) is 4.98 Å². The number of nitrogens with zero attached hydrogens (tertiary/aromatic N) is 5. The average Bonchev–Trinajstić information content (AvgIpc) is 3.48. The van der Waals surface area contributed by atoms with Gasteiger partial charge < -0.3 is 14.5 Å². The Morgan fingerprint density at radius 2 is 1.82 bits per heavy atom. The molecule has 4 heterocycles. The zero-order chi connectivity index (χ0) is 23.3. The van der Waals surface area contributed by atoms with Crippen LogP contribution in [-0.4, -0.2) is 30.1 Å². The fraction of sp³-hybridized carbons (Fsp3) is 0.154. The Labute approximate surface area is 196 Å². The summed E-state index contributed by atoms with van der Waals surface area (Å²) >= 11 is 0.